The molecule has 122 valence electrons. The molecule has 0 fully saturated rings. The minimum atomic E-state index is -0.298. The predicted molar refractivity (Wildman–Crippen MR) is 78.0 cm³/mol. The van der Waals surface area contributed by atoms with Crippen molar-refractivity contribution in [2.45, 2.75) is 0 Å². The Morgan fingerprint density at radius 1 is 0.818 bits per heavy atom. The molecule has 0 N–H and O–H groups in total. The molecule has 1 rings (SSSR count). The van der Waals surface area contributed by atoms with Crippen molar-refractivity contribution in [2.24, 2.45) is 0 Å². The van der Waals surface area contributed by atoms with Gasteiger partial charge >= 0.3 is 0 Å². The van der Waals surface area contributed by atoms with Gasteiger partial charge in [-0.1, -0.05) is 5.92 Å². The molecule has 0 saturated carbocycles. The van der Waals surface area contributed by atoms with Crippen LogP contribution in [0.4, 0.5) is 0 Å². The number of terminal acetylenes is 1. The van der Waals surface area contributed by atoms with Crippen molar-refractivity contribution in [3.63, 3.8) is 0 Å². The number of nitrogens with zero attached hydrogens (tertiary/aromatic N) is 1. The molecule has 0 saturated heterocycles. The lowest BCUT2D eigenvalue weighted by molar-refractivity contribution is -0.137. The molecule has 0 bridgehead atoms. The van der Waals surface area contributed by atoms with E-state index in [1.807, 2.05) is 0 Å². The van der Waals surface area contributed by atoms with Gasteiger partial charge < -0.3 is 18.9 Å². The zero-order chi connectivity index (χ0) is 16.0. The summed E-state index contributed by atoms with van der Waals surface area (Å²) in [5.41, 5.74) is 0. The number of ether oxygens (including phenoxy) is 4. The summed E-state index contributed by atoms with van der Waals surface area (Å²) in [5.74, 6) is 1.77. The monoisotopic (exact) mass is 311 g/mol. The van der Waals surface area contributed by atoms with Gasteiger partial charge in [0.05, 0.1) is 52.8 Å². The Morgan fingerprint density at radius 3 is 1.77 bits per heavy atom. The molecule has 1 aliphatic heterocycles. The number of imide groups is 1. The fourth-order valence-corrected chi connectivity index (χ4v) is 1.60. The highest BCUT2D eigenvalue weighted by Gasteiger charge is 2.22. The van der Waals surface area contributed by atoms with Crippen molar-refractivity contribution < 1.29 is 28.5 Å². The maximum atomic E-state index is 11.2. The highest BCUT2D eigenvalue weighted by molar-refractivity contribution is 6.12. The maximum absolute atomic E-state index is 11.2. The number of hydrogen-bond donors (Lipinski definition) is 0. The first-order chi connectivity index (χ1) is 10.8. The largest absolute Gasteiger partial charge is 0.377 e. The lowest BCUT2D eigenvalue weighted by atomic mass is 10.5. The predicted octanol–water partition coefficient (Wildman–Crippen LogP) is -0.389. The van der Waals surface area contributed by atoms with Crippen LogP contribution in [0, 0.1) is 12.3 Å². The van der Waals surface area contributed by atoms with Crippen LogP contribution in [0.2, 0.25) is 0 Å². The molecule has 0 aromatic carbocycles. The van der Waals surface area contributed by atoms with Crippen molar-refractivity contribution >= 4 is 11.8 Å². The van der Waals surface area contributed by atoms with E-state index in [9.17, 15) is 9.59 Å². The zero-order valence-electron chi connectivity index (χ0n) is 12.5. The topological polar surface area (TPSA) is 74.3 Å². The van der Waals surface area contributed by atoms with Crippen LogP contribution in [-0.2, 0) is 28.5 Å². The maximum Gasteiger partial charge on any atom is 0.253 e. The van der Waals surface area contributed by atoms with Crippen LogP contribution in [0.15, 0.2) is 12.2 Å². The Balaban J connectivity index is 1.80. The third kappa shape index (κ3) is 7.90. The number of amides is 2. The van der Waals surface area contributed by atoms with Crippen LogP contribution >= 0.6 is 0 Å². The van der Waals surface area contributed by atoms with Gasteiger partial charge in [-0.3, -0.25) is 14.5 Å². The average Bonchev–Trinajstić information content (AvgIpc) is 2.83. The van der Waals surface area contributed by atoms with E-state index in [2.05, 4.69) is 5.92 Å². The summed E-state index contributed by atoms with van der Waals surface area (Å²) in [4.78, 5) is 23.6. The fraction of sp³-hybridized carbons (Fsp3) is 0.600. The second-order valence-corrected chi connectivity index (χ2v) is 4.26. The molecule has 0 spiro atoms. The number of hydrogen-bond acceptors (Lipinski definition) is 6. The van der Waals surface area contributed by atoms with E-state index >= 15 is 0 Å². The molecule has 2 amide bonds. The number of carbonyl (C=O) groups is 2. The van der Waals surface area contributed by atoms with E-state index in [-0.39, 0.29) is 18.4 Å². The summed E-state index contributed by atoms with van der Waals surface area (Å²) in [6.45, 7) is 3.56. The van der Waals surface area contributed by atoms with Gasteiger partial charge in [0.2, 0.25) is 0 Å². The molecule has 0 aromatic rings. The van der Waals surface area contributed by atoms with Gasteiger partial charge in [0.1, 0.15) is 6.61 Å². The lowest BCUT2D eigenvalue weighted by Crippen LogP contribution is -2.33. The Morgan fingerprint density at radius 2 is 1.27 bits per heavy atom. The van der Waals surface area contributed by atoms with E-state index in [0.717, 1.165) is 4.90 Å². The lowest BCUT2D eigenvalue weighted by Gasteiger charge is -2.13. The Labute approximate surface area is 130 Å². The highest BCUT2D eigenvalue weighted by atomic mass is 16.6. The van der Waals surface area contributed by atoms with Crippen LogP contribution in [0.1, 0.15) is 0 Å². The molecular weight excluding hydrogens is 290 g/mol. The molecule has 0 unspecified atom stereocenters. The van der Waals surface area contributed by atoms with E-state index in [4.69, 9.17) is 25.4 Å². The van der Waals surface area contributed by atoms with Gasteiger partial charge in [0.15, 0.2) is 0 Å². The minimum absolute atomic E-state index is 0.255. The Hall–Kier alpha value is -1.72. The first-order valence-corrected chi connectivity index (χ1v) is 7.03. The smallest absolute Gasteiger partial charge is 0.253 e. The number of rotatable bonds is 13. The van der Waals surface area contributed by atoms with E-state index < -0.39 is 0 Å². The first kappa shape index (κ1) is 18.3. The van der Waals surface area contributed by atoms with Crippen LogP contribution in [-0.4, -0.2) is 76.1 Å². The van der Waals surface area contributed by atoms with Gasteiger partial charge in [0.25, 0.3) is 11.8 Å². The number of carbonyl (C=O) groups excluding carboxylic acids is 2. The third-order valence-electron chi connectivity index (χ3n) is 2.66. The van der Waals surface area contributed by atoms with Gasteiger partial charge in [-0.05, 0) is 0 Å². The van der Waals surface area contributed by atoms with Gasteiger partial charge in [-0.15, -0.1) is 6.42 Å². The SMILES string of the molecule is C#CCOCCOCCOCCOCCN1C(=O)C=CC1=O. The van der Waals surface area contributed by atoms with E-state index in [0.29, 0.717) is 52.9 Å². The van der Waals surface area contributed by atoms with E-state index in [1.165, 1.54) is 12.2 Å². The second-order valence-electron chi connectivity index (χ2n) is 4.26. The second kappa shape index (κ2) is 11.9. The van der Waals surface area contributed by atoms with Gasteiger partial charge in [-0.2, -0.15) is 0 Å². The van der Waals surface area contributed by atoms with Crippen molar-refractivity contribution in [2.75, 3.05) is 59.4 Å². The molecule has 1 heterocycles. The fourth-order valence-electron chi connectivity index (χ4n) is 1.60. The summed E-state index contributed by atoms with van der Waals surface area (Å²) < 4.78 is 20.9. The zero-order valence-corrected chi connectivity index (χ0v) is 12.5. The summed E-state index contributed by atoms with van der Waals surface area (Å²) in [6, 6.07) is 0. The normalized spacial score (nSPS) is 13.9. The summed E-state index contributed by atoms with van der Waals surface area (Å²) in [5, 5.41) is 0. The minimum Gasteiger partial charge on any atom is -0.377 e. The van der Waals surface area contributed by atoms with Crippen LogP contribution in [0.3, 0.4) is 0 Å². The summed E-state index contributed by atoms with van der Waals surface area (Å²) in [7, 11) is 0. The third-order valence-corrected chi connectivity index (χ3v) is 2.66. The molecule has 7 nitrogen and oxygen atoms in total. The molecule has 1 aliphatic rings. The molecule has 0 atom stereocenters. The van der Waals surface area contributed by atoms with Crippen molar-refractivity contribution in [1.82, 2.24) is 4.90 Å². The van der Waals surface area contributed by atoms with Crippen molar-refractivity contribution in [3.8, 4) is 12.3 Å². The van der Waals surface area contributed by atoms with Gasteiger partial charge in [0, 0.05) is 12.2 Å². The highest BCUT2D eigenvalue weighted by Crippen LogP contribution is 2.02. The Bertz CT molecular complexity index is 397. The summed E-state index contributed by atoms with van der Waals surface area (Å²) in [6.07, 6.45) is 7.53. The molecule has 7 heteroatoms. The van der Waals surface area contributed by atoms with Crippen molar-refractivity contribution in [1.29, 1.82) is 0 Å². The quantitative estimate of drug-likeness (QED) is 0.262. The van der Waals surface area contributed by atoms with Crippen LogP contribution < -0.4 is 0 Å². The van der Waals surface area contributed by atoms with Crippen LogP contribution in [0.5, 0.6) is 0 Å². The molecular formula is C15H21NO6. The molecule has 22 heavy (non-hydrogen) atoms. The van der Waals surface area contributed by atoms with E-state index in [1.54, 1.807) is 0 Å². The van der Waals surface area contributed by atoms with Crippen molar-refractivity contribution in [3.05, 3.63) is 12.2 Å². The average molecular weight is 311 g/mol. The standard InChI is InChI=1S/C15H21NO6/c1-2-6-19-8-10-21-12-13-22-11-9-20-7-5-16-14(17)3-4-15(16)18/h1,3-4H,5-13H2. The molecule has 0 aliphatic carbocycles. The van der Waals surface area contributed by atoms with Crippen LogP contribution in [0.25, 0.3) is 0 Å². The molecule has 0 radical (unpaired) electrons. The summed E-state index contributed by atoms with van der Waals surface area (Å²) >= 11 is 0. The molecule has 0 aromatic heterocycles. The first-order valence-electron chi connectivity index (χ1n) is 7.03. The van der Waals surface area contributed by atoms with Gasteiger partial charge in [-0.25, -0.2) is 0 Å². The Kier molecular flexibility index (Phi) is 9.90.